The van der Waals surface area contributed by atoms with Gasteiger partial charge in [0.15, 0.2) is 0 Å². The first-order chi connectivity index (χ1) is 8.13. The minimum atomic E-state index is -0.497. The van der Waals surface area contributed by atoms with Gasteiger partial charge in [-0.2, -0.15) is 5.26 Å². The molecule has 0 aromatic heterocycles. The molecule has 0 aliphatic carbocycles. The zero-order chi connectivity index (χ0) is 12.7. The number of hydrogen-bond acceptors (Lipinski definition) is 5. The molecule has 0 aliphatic rings. The lowest BCUT2D eigenvalue weighted by atomic mass is 10.2. The Bertz CT molecular complexity index is 440. The summed E-state index contributed by atoms with van der Waals surface area (Å²) in [6.07, 6.45) is 0. The third kappa shape index (κ3) is 4.40. The van der Waals surface area contributed by atoms with Gasteiger partial charge in [0, 0.05) is 6.54 Å². The number of primary amides is 1. The number of nitrogens with two attached hydrogens (primary N) is 2. The van der Waals surface area contributed by atoms with Crippen LogP contribution in [0.1, 0.15) is 5.56 Å². The number of carbonyl (C=O) groups is 1. The predicted octanol–water partition coefficient (Wildman–Crippen LogP) is 0.0543. The largest absolute Gasteiger partial charge is 0.397 e. The van der Waals surface area contributed by atoms with E-state index in [4.69, 9.17) is 21.5 Å². The van der Waals surface area contributed by atoms with Crippen LogP contribution in [0.4, 0.5) is 11.4 Å². The van der Waals surface area contributed by atoms with E-state index in [1.54, 1.807) is 18.2 Å². The number of carbonyl (C=O) groups excluding carboxylic acids is 1. The summed E-state index contributed by atoms with van der Waals surface area (Å²) in [6, 6.07) is 6.98. The Kier molecular flexibility index (Phi) is 4.78. The molecule has 90 valence electrons. The number of nitrogens with zero attached hydrogens (tertiary/aromatic N) is 1. The Morgan fingerprint density at radius 3 is 2.88 bits per heavy atom. The Labute approximate surface area is 99.2 Å². The van der Waals surface area contributed by atoms with E-state index in [2.05, 4.69) is 5.32 Å². The van der Waals surface area contributed by atoms with Crippen molar-refractivity contribution >= 4 is 17.3 Å². The second-order valence-electron chi connectivity index (χ2n) is 3.36. The van der Waals surface area contributed by atoms with Gasteiger partial charge in [-0.05, 0) is 18.2 Å². The minimum absolute atomic E-state index is 0.0927. The van der Waals surface area contributed by atoms with Gasteiger partial charge < -0.3 is 21.5 Å². The van der Waals surface area contributed by atoms with Crippen molar-refractivity contribution in [3.63, 3.8) is 0 Å². The van der Waals surface area contributed by atoms with Gasteiger partial charge >= 0.3 is 0 Å². The van der Waals surface area contributed by atoms with E-state index in [0.717, 1.165) is 5.69 Å². The van der Waals surface area contributed by atoms with Crippen LogP contribution in [-0.2, 0) is 9.53 Å². The molecule has 17 heavy (non-hydrogen) atoms. The number of amides is 1. The Morgan fingerprint density at radius 1 is 1.53 bits per heavy atom. The van der Waals surface area contributed by atoms with Crippen molar-refractivity contribution in [2.75, 3.05) is 30.8 Å². The molecule has 0 aliphatic heterocycles. The molecule has 0 saturated heterocycles. The lowest BCUT2D eigenvalue weighted by Crippen LogP contribution is -2.20. The fourth-order valence-corrected chi connectivity index (χ4v) is 1.22. The molecule has 0 saturated carbocycles. The highest BCUT2D eigenvalue weighted by molar-refractivity contribution is 5.75. The fraction of sp³-hybridized carbons (Fsp3) is 0.273. The van der Waals surface area contributed by atoms with E-state index in [1.807, 2.05) is 6.07 Å². The first kappa shape index (κ1) is 12.8. The van der Waals surface area contributed by atoms with Crippen LogP contribution in [0.5, 0.6) is 0 Å². The van der Waals surface area contributed by atoms with Crippen LogP contribution in [-0.4, -0.2) is 25.7 Å². The second kappa shape index (κ2) is 6.35. The number of ether oxygens (including phenoxy) is 1. The van der Waals surface area contributed by atoms with Crippen LogP contribution >= 0.6 is 0 Å². The van der Waals surface area contributed by atoms with Crippen LogP contribution in [0.3, 0.4) is 0 Å². The van der Waals surface area contributed by atoms with Crippen molar-refractivity contribution in [3.8, 4) is 6.07 Å². The van der Waals surface area contributed by atoms with Gasteiger partial charge in [-0.15, -0.1) is 0 Å². The molecule has 0 radical (unpaired) electrons. The van der Waals surface area contributed by atoms with Crippen molar-refractivity contribution in [1.82, 2.24) is 0 Å². The number of nitrogens with one attached hydrogen (secondary N) is 1. The molecule has 0 atom stereocenters. The van der Waals surface area contributed by atoms with Gasteiger partial charge in [-0.25, -0.2) is 0 Å². The Morgan fingerprint density at radius 2 is 2.29 bits per heavy atom. The van der Waals surface area contributed by atoms with Crippen LogP contribution in [0.25, 0.3) is 0 Å². The van der Waals surface area contributed by atoms with E-state index in [9.17, 15) is 4.79 Å². The lowest BCUT2D eigenvalue weighted by Gasteiger charge is -2.09. The fourth-order valence-electron chi connectivity index (χ4n) is 1.22. The zero-order valence-electron chi connectivity index (χ0n) is 9.27. The first-order valence-corrected chi connectivity index (χ1v) is 5.03. The topological polar surface area (TPSA) is 114 Å². The summed E-state index contributed by atoms with van der Waals surface area (Å²) in [5.74, 6) is -0.497. The summed E-state index contributed by atoms with van der Waals surface area (Å²) in [5, 5.41) is 11.7. The molecule has 1 aromatic carbocycles. The molecule has 6 nitrogen and oxygen atoms in total. The Balaban J connectivity index is 2.37. The smallest absolute Gasteiger partial charge is 0.243 e. The molecule has 0 fully saturated rings. The maximum Gasteiger partial charge on any atom is 0.243 e. The number of benzene rings is 1. The summed E-state index contributed by atoms with van der Waals surface area (Å²) >= 11 is 0. The number of nitriles is 1. The van der Waals surface area contributed by atoms with Gasteiger partial charge in [-0.3, -0.25) is 4.79 Å². The number of hydrogen-bond donors (Lipinski definition) is 3. The van der Waals surface area contributed by atoms with Crippen LogP contribution in [0, 0.1) is 11.3 Å². The monoisotopic (exact) mass is 234 g/mol. The molecule has 0 spiro atoms. The van der Waals surface area contributed by atoms with E-state index < -0.39 is 5.91 Å². The summed E-state index contributed by atoms with van der Waals surface area (Å²) in [5.41, 5.74) is 12.4. The highest BCUT2D eigenvalue weighted by atomic mass is 16.5. The number of nitrogen functional groups attached to an aromatic ring is 1. The highest BCUT2D eigenvalue weighted by Crippen LogP contribution is 2.18. The quantitative estimate of drug-likeness (QED) is 0.475. The molecular formula is C11H14N4O2. The van der Waals surface area contributed by atoms with Crippen LogP contribution in [0.2, 0.25) is 0 Å². The standard InChI is InChI=1S/C11H14N4O2/c12-6-8-1-2-10(9(13)5-8)15-3-4-17-7-11(14)16/h1-2,5,15H,3-4,7,13H2,(H2,14,16). The molecule has 5 N–H and O–H groups in total. The molecular weight excluding hydrogens is 220 g/mol. The van der Waals surface area contributed by atoms with Crippen molar-refractivity contribution in [2.24, 2.45) is 5.73 Å². The number of rotatable bonds is 6. The van der Waals surface area contributed by atoms with E-state index in [-0.39, 0.29) is 6.61 Å². The van der Waals surface area contributed by atoms with Crippen molar-refractivity contribution in [3.05, 3.63) is 23.8 Å². The Hall–Kier alpha value is -2.26. The summed E-state index contributed by atoms with van der Waals surface area (Å²) < 4.78 is 4.97. The molecule has 0 unspecified atom stereocenters. The average Bonchev–Trinajstić information content (AvgIpc) is 2.30. The van der Waals surface area contributed by atoms with Gasteiger partial charge in [0.2, 0.25) is 5.91 Å². The predicted molar refractivity (Wildman–Crippen MR) is 64.1 cm³/mol. The minimum Gasteiger partial charge on any atom is -0.397 e. The first-order valence-electron chi connectivity index (χ1n) is 5.03. The van der Waals surface area contributed by atoms with Gasteiger partial charge in [0.25, 0.3) is 0 Å². The second-order valence-corrected chi connectivity index (χ2v) is 3.36. The van der Waals surface area contributed by atoms with Crippen LogP contribution in [0.15, 0.2) is 18.2 Å². The maximum atomic E-state index is 10.4. The van der Waals surface area contributed by atoms with E-state index >= 15 is 0 Å². The van der Waals surface area contributed by atoms with E-state index in [1.165, 1.54) is 0 Å². The van der Waals surface area contributed by atoms with Gasteiger partial charge in [0.1, 0.15) is 6.61 Å². The number of anilines is 2. The molecule has 1 amide bonds. The highest BCUT2D eigenvalue weighted by Gasteiger charge is 2.00. The van der Waals surface area contributed by atoms with Crippen LogP contribution < -0.4 is 16.8 Å². The third-order valence-corrected chi connectivity index (χ3v) is 1.99. The SMILES string of the molecule is N#Cc1ccc(NCCOCC(N)=O)c(N)c1. The molecule has 6 heteroatoms. The van der Waals surface area contributed by atoms with E-state index in [0.29, 0.717) is 24.4 Å². The maximum absolute atomic E-state index is 10.4. The summed E-state index contributed by atoms with van der Waals surface area (Å²) in [7, 11) is 0. The summed E-state index contributed by atoms with van der Waals surface area (Å²) in [4.78, 5) is 10.4. The summed E-state index contributed by atoms with van der Waals surface area (Å²) in [6.45, 7) is 0.760. The van der Waals surface area contributed by atoms with Gasteiger partial charge in [-0.1, -0.05) is 0 Å². The lowest BCUT2D eigenvalue weighted by molar-refractivity contribution is -0.122. The van der Waals surface area contributed by atoms with Crippen molar-refractivity contribution in [2.45, 2.75) is 0 Å². The third-order valence-electron chi connectivity index (χ3n) is 1.99. The molecule has 1 aromatic rings. The van der Waals surface area contributed by atoms with Crippen molar-refractivity contribution < 1.29 is 9.53 Å². The zero-order valence-corrected chi connectivity index (χ0v) is 9.27. The molecule has 1 rings (SSSR count). The average molecular weight is 234 g/mol. The molecule has 0 bridgehead atoms. The normalized spacial score (nSPS) is 9.59. The van der Waals surface area contributed by atoms with Crippen molar-refractivity contribution in [1.29, 1.82) is 5.26 Å². The van der Waals surface area contributed by atoms with Gasteiger partial charge in [0.05, 0.1) is 29.6 Å². The molecule has 0 heterocycles.